The van der Waals surface area contributed by atoms with E-state index in [2.05, 4.69) is 0 Å². The standard InChI is InChI=1S/C8H9F9/c1-4(9,10)7(15,5(2,11)12)8(16,17)6(3,13)14/h1-3H3. The summed E-state index contributed by atoms with van der Waals surface area (Å²) in [7, 11) is 0. The second-order valence-corrected chi connectivity index (χ2v) is 3.90. The van der Waals surface area contributed by atoms with Crippen LogP contribution in [0.25, 0.3) is 0 Å². The highest BCUT2D eigenvalue weighted by molar-refractivity contribution is 5.13. The highest BCUT2D eigenvalue weighted by Crippen LogP contribution is 2.57. The normalized spacial score (nSPS) is 16.2. The molecule has 0 spiro atoms. The van der Waals surface area contributed by atoms with Crippen LogP contribution in [0.1, 0.15) is 20.8 Å². The Morgan fingerprint density at radius 3 is 0.765 bits per heavy atom. The molecule has 0 aromatic carbocycles. The van der Waals surface area contributed by atoms with E-state index in [0.29, 0.717) is 0 Å². The molecular weight excluding hydrogens is 267 g/mol. The fourth-order valence-electron chi connectivity index (χ4n) is 1.24. The van der Waals surface area contributed by atoms with Gasteiger partial charge in [-0.15, -0.1) is 0 Å². The first-order chi connectivity index (χ1) is 7.00. The summed E-state index contributed by atoms with van der Waals surface area (Å²) in [6.07, 6.45) is 0. The zero-order chi connectivity index (χ0) is 14.5. The summed E-state index contributed by atoms with van der Waals surface area (Å²) in [5, 5.41) is 0. The summed E-state index contributed by atoms with van der Waals surface area (Å²) in [6.45, 7) is -1.83. The molecule has 104 valence electrons. The second kappa shape index (κ2) is 3.68. The topological polar surface area (TPSA) is 0 Å². The lowest BCUT2D eigenvalue weighted by atomic mass is 9.82. The van der Waals surface area contributed by atoms with E-state index in [9.17, 15) is 39.5 Å². The third kappa shape index (κ3) is 2.20. The molecule has 0 rings (SSSR count). The molecule has 0 nitrogen and oxygen atoms in total. The Labute approximate surface area is 90.8 Å². The minimum absolute atomic E-state index is 0.607. The van der Waals surface area contributed by atoms with E-state index in [1.165, 1.54) is 0 Å². The van der Waals surface area contributed by atoms with Crippen molar-refractivity contribution in [3.05, 3.63) is 0 Å². The van der Waals surface area contributed by atoms with Crippen LogP contribution in [0.4, 0.5) is 39.5 Å². The lowest BCUT2D eigenvalue weighted by Gasteiger charge is -2.42. The number of hydrogen-bond donors (Lipinski definition) is 0. The van der Waals surface area contributed by atoms with Crippen molar-refractivity contribution >= 4 is 0 Å². The third-order valence-corrected chi connectivity index (χ3v) is 2.19. The molecule has 0 atom stereocenters. The molecule has 0 aliphatic heterocycles. The Kier molecular flexibility index (Phi) is 3.54. The molecule has 9 heteroatoms. The first kappa shape index (κ1) is 16.4. The van der Waals surface area contributed by atoms with Gasteiger partial charge < -0.3 is 0 Å². The van der Waals surface area contributed by atoms with E-state index in [0.717, 1.165) is 0 Å². The monoisotopic (exact) mass is 276 g/mol. The predicted molar refractivity (Wildman–Crippen MR) is 40.6 cm³/mol. The second-order valence-electron chi connectivity index (χ2n) is 3.90. The number of hydrogen-bond acceptors (Lipinski definition) is 0. The van der Waals surface area contributed by atoms with Gasteiger partial charge in [0.1, 0.15) is 0 Å². The van der Waals surface area contributed by atoms with E-state index < -0.39 is 50.1 Å². The summed E-state index contributed by atoms with van der Waals surface area (Å²) in [4.78, 5) is 0. The van der Waals surface area contributed by atoms with E-state index in [-0.39, 0.29) is 0 Å². The third-order valence-electron chi connectivity index (χ3n) is 2.19. The van der Waals surface area contributed by atoms with Crippen LogP contribution in [0.2, 0.25) is 0 Å². The number of halogens is 9. The molecule has 0 amide bonds. The Morgan fingerprint density at radius 2 is 0.706 bits per heavy atom. The van der Waals surface area contributed by atoms with Gasteiger partial charge in [-0.3, -0.25) is 0 Å². The minimum atomic E-state index is -6.24. The van der Waals surface area contributed by atoms with Gasteiger partial charge in [-0.25, -0.2) is 30.7 Å². The Hall–Kier alpha value is -0.630. The largest absolute Gasteiger partial charge is 0.355 e. The minimum Gasteiger partial charge on any atom is -0.223 e. The van der Waals surface area contributed by atoms with Crippen LogP contribution in [0.15, 0.2) is 0 Å². The average molecular weight is 276 g/mol. The highest BCUT2D eigenvalue weighted by Gasteiger charge is 2.83. The maximum Gasteiger partial charge on any atom is 0.355 e. The summed E-state index contributed by atoms with van der Waals surface area (Å²) >= 11 is 0. The molecular formula is C8H9F9. The molecule has 0 aromatic rings. The van der Waals surface area contributed by atoms with Gasteiger partial charge >= 0.3 is 17.5 Å². The summed E-state index contributed by atoms with van der Waals surface area (Å²) in [6, 6.07) is 0. The first-order valence-electron chi connectivity index (χ1n) is 4.20. The fraction of sp³-hybridized carbons (Fsp3) is 1.00. The highest BCUT2D eigenvalue weighted by atomic mass is 19.3. The van der Waals surface area contributed by atoms with Crippen molar-refractivity contribution < 1.29 is 39.5 Å². The van der Waals surface area contributed by atoms with Gasteiger partial charge in [-0.1, -0.05) is 0 Å². The van der Waals surface area contributed by atoms with Crippen molar-refractivity contribution in [3.8, 4) is 0 Å². The van der Waals surface area contributed by atoms with Crippen molar-refractivity contribution in [2.45, 2.75) is 50.1 Å². The lowest BCUT2D eigenvalue weighted by molar-refractivity contribution is -0.364. The molecule has 0 fully saturated rings. The molecule has 17 heavy (non-hydrogen) atoms. The van der Waals surface area contributed by atoms with Crippen LogP contribution in [-0.4, -0.2) is 29.4 Å². The smallest absolute Gasteiger partial charge is 0.223 e. The summed E-state index contributed by atoms with van der Waals surface area (Å²) < 4.78 is 114. The molecule has 0 aliphatic rings. The Morgan fingerprint density at radius 1 is 0.471 bits per heavy atom. The van der Waals surface area contributed by atoms with Crippen LogP contribution < -0.4 is 0 Å². The van der Waals surface area contributed by atoms with E-state index >= 15 is 0 Å². The summed E-state index contributed by atoms with van der Waals surface area (Å²) in [5.41, 5.74) is -5.99. The van der Waals surface area contributed by atoms with Crippen molar-refractivity contribution in [1.82, 2.24) is 0 Å². The van der Waals surface area contributed by atoms with Gasteiger partial charge in [-0.05, 0) is 0 Å². The summed E-state index contributed by atoms with van der Waals surface area (Å²) in [5.74, 6) is -22.3. The van der Waals surface area contributed by atoms with Gasteiger partial charge in [-0.2, -0.15) is 8.78 Å². The van der Waals surface area contributed by atoms with Crippen LogP contribution in [0, 0.1) is 0 Å². The average Bonchev–Trinajstić information content (AvgIpc) is 1.95. The van der Waals surface area contributed by atoms with Gasteiger partial charge in [0, 0.05) is 20.8 Å². The Balaban J connectivity index is 6.04. The maximum absolute atomic E-state index is 13.3. The van der Waals surface area contributed by atoms with E-state index in [4.69, 9.17) is 0 Å². The lowest BCUT2D eigenvalue weighted by Crippen LogP contribution is -2.70. The molecule has 0 saturated carbocycles. The molecule has 0 radical (unpaired) electrons. The number of rotatable bonds is 4. The van der Waals surface area contributed by atoms with Gasteiger partial charge in [0.2, 0.25) is 0 Å². The van der Waals surface area contributed by atoms with Crippen LogP contribution in [0.3, 0.4) is 0 Å². The van der Waals surface area contributed by atoms with E-state index in [1.807, 2.05) is 0 Å². The van der Waals surface area contributed by atoms with E-state index in [1.54, 1.807) is 0 Å². The molecule has 0 unspecified atom stereocenters. The van der Waals surface area contributed by atoms with Crippen molar-refractivity contribution in [3.63, 3.8) is 0 Å². The SMILES string of the molecule is CC(F)(F)C(F)(F)C(F)(C(C)(F)F)C(C)(F)F. The van der Waals surface area contributed by atoms with Gasteiger partial charge in [0.25, 0.3) is 11.8 Å². The molecule has 0 N–H and O–H groups in total. The molecule has 0 aliphatic carbocycles. The molecule has 0 heterocycles. The van der Waals surface area contributed by atoms with Gasteiger partial charge in [0.05, 0.1) is 0 Å². The van der Waals surface area contributed by atoms with Crippen molar-refractivity contribution in [2.75, 3.05) is 0 Å². The van der Waals surface area contributed by atoms with Gasteiger partial charge in [0.15, 0.2) is 0 Å². The Bertz CT molecular complexity index is 263. The van der Waals surface area contributed by atoms with Crippen LogP contribution in [0.5, 0.6) is 0 Å². The number of alkyl halides is 9. The molecule has 0 bridgehead atoms. The van der Waals surface area contributed by atoms with Crippen molar-refractivity contribution in [2.24, 2.45) is 0 Å². The fourth-order valence-corrected chi connectivity index (χ4v) is 1.24. The molecule has 0 aromatic heterocycles. The predicted octanol–water partition coefficient (Wildman–Crippen LogP) is 4.30. The zero-order valence-corrected chi connectivity index (χ0v) is 8.90. The van der Waals surface area contributed by atoms with Crippen molar-refractivity contribution in [1.29, 1.82) is 0 Å². The van der Waals surface area contributed by atoms with Crippen LogP contribution >= 0.6 is 0 Å². The zero-order valence-electron chi connectivity index (χ0n) is 8.90. The quantitative estimate of drug-likeness (QED) is 0.672. The maximum atomic E-state index is 13.3. The first-order valence-corrected chi connectivity index (χ1v) is 4.20. The van der Waals surface area contributed by atoms with Crippen LogP contribution in [-0.2, 0) is 0 Å². The molecule has 0 saturated heterocycles.